The van der Waals surface area contributed by atoms with Crippen molar-refractivity contribution in [3.05, 3.63) is 71.8 Å². The van der Waals surface area contributed by atoms with Crippen molar-refractivity contribution in [2.45, 2.75) is 13.5 Å². The highest BCUT2D eigenvalue weighted by Gasteiger charge is 2.07. The molecular weight excluding hydrogens is 246 g/mol. The molecule has 20 heavy (non-hydrogen) atoms. The Bertz CT molecular complexity index is 749. The van der Waals surface area contributed by atoms with Crippen molar-refractivity contribution in [1.82, 2.24) is 0 Å². The fourth-order valence-electron chi connectivity index (χ4n) is 2.37. The van der Waals surface area contributed by atoms with Crippen molar-refractivity contribution in [2.75, 3.05) is 0 Å². The van der Waals surface area contributed by atoms with Gasteiger partial charge >= 0.3 is 0 Å². The van der Waals surface area contributed by atoms with E-state index in [1.165, 1.54) is 10.8 Å². The Morgan fingerprint density at radius 2 is 1.70 bits per heavy atom. The van der Waals surface area contributed by atoms with Gasteiger partial charge in [0.15, 0.2) is 0 Å². The zero-order chi connectivity index (χ0) is 13.9. The molecular formula is C18H17NO. The van der Waals surface area contributed by atoms with Crippen molar-refractivity contribution in [1.29, 1.82) is 0 Å². The largest absolute Gasteiger partial charge is 0.457 e. The van der Waals surface area contributed by atoms with E-state index in [4.69, 9.17) is 10.5 Å². The van der Waals surface area contributed by atoms with Crippen molar-refractivity contribution in [2.24, 2.45) is 5.73 Å². The quantitative estimate of drug-likeness (QED) is 0.760. The molecule has 0 saturated carbocycles. The second-order valence-corrected chi connectivity index (χ2v) is 4.88. The number of fused-ring (bicyclic) bond motifs is 1. The van der Waals surface area contributed by atoms with Crippen LogP contribution in [0.5, 0.6) is 11.5 Å². The lowest BCUT2D eigenvalue weighted by Crippen LogP contribution is -2.00. The van der Waals surface area contributed by atoms with E-state index < -0.39 is 0 Å². The first kappa shape index (κ1) is 12.7. The van der Waals surface area contributed by atoms with Crippen LogP contribution in [0.3, 0.4) is 0 Å². The normalized spacial score (nSPS) is 10.7. The molecule has 100 valence electrons. The molecule has 0 aliphatic rings. The molecule has 2 heteroatoms. The van der Waals surface area contributed by atoms with Gasteiger partial charge in [-0.2, -0.15) is 0 Å². The number of hydrogen-bond acceptors (Lipinski definition) is 2. The van der Waals surface area contributed by atoms with Gasteiger partial charge in [-0.25, -0.2) is 0 Å². The van der Waals surface area contributed by atoms with Gasteiger partial charge < -0.3 is 10.5 Å². The highest BCUT2D eigenvalue weighted by atomic mass is 16.5. The maximum Gasteiger partial charge on any atom is 0.134 e. The van der Waals surface area contributed by atoms with Gasteiger partial charge in [0.05, 0.1) is 0 Å². The predicted octanol–water partition coefficient (Wildman–Crippen LogP) is 4.40. The second-order valence-electron chi connectivity index (χ2n) is 4.88. The molecule has 0 radical (unpaired) electrons. The van der Waals surface area contributed by atoms with Crippen LogP contribution in [0.2, 0.25) is 0 Å². The molecule has 0 bridgehead atoms. The van der Waals surface area contributed by atoms with E-state index in [9.17, 15) is 0 Å². The molecule has 2 nitrogen and oxygen atoms in total. The van der Waals surface area contributed by atoms with E-state index in [0.717, 1.165) is 22.6 Å². The summed E-state index contributed by atoms with van der Waals surface area (Å²) in [5, 5.41) is 2.39. The maximum atomic E-state index is 6.06. The first-order valence-electron chi connectivity index (χ1n) is 6.73. The van der Waals surface area contributed by atoms with Gasteiger partial charge in [0, 0.05) is 12.1 Å². The van der Waals surface area contributed by atoms with Gasteiger partial charge in [0.2, 0.25) is 0 Å². The molecule has 0 amide bonds. The van der Waals surface area contributed by atoms with Crippen LogP contribution in [-0.4, -0.2) is 0 Å². The van der Waals surface area contributed by atoms with E-state index in [0.29, 0.717) is 6.54 Å². The molecule has 0 unspecified atom stereocenters. The fourth-order valence-corrected chi connectivity index (χ4v) is 2.37. The summed E-state index contributed by atoms with van der Waals surface area (Å²) >= 11 is 0. The molecule has 3 aromatic carbocycles. The average Bonchev–Trinajstić information content (AvgIpc) is 2.49. The van der Waals surface area contributed by atoms with Crippen LogP contribution < -0.4 is 10.5 Å². The van der Waals surface area contributed by atoms with Crippen LogP contribution >= 0.6 is 0 Å². The molecule has 0 aliphatic heterocycles. The van der Waals surface area contributed by atoms with Crippen LogP contribution in [0, 0.1) is 6.92 Å². The van der Waals surface area contributed by atoms with E-state index in [1.807, 2.05) is 43.3 Å². The lowest BCUT2D eigenvalue weighted by atomic mass is 10.1. The Balaban J connectivity index is 2.01. The summed E-state index contributed by atoms with van der Waals surface area (Å²) < 4.78 is 6.06. The van der Waals surface area contributed by atoms with Gasteiger partial charge in [-0.1, -0.05) is 48.5 Å². The van der Waals surface area contributed by atoms with Gasteiger partial charge in [-0.15, -0.1) is 0 Å². The molecule has 0 saturated heterocycles. The summed E-state index contributed by atoms with van der Waals surface area (Å²) in [5.41, 5.74) is 7.91. The highest BCUT2D eigenvalue weighted by molar-refractivity contribution is 5.83. The van der Waals surface area contributed by atoms with E-state index in [-0.39, 0.29) is 0 Å². The van der Waals surface area contributed by atoms with Crippen molar-refractivity contribution < 1.29 is 4.74 Å². The highest BCUT2D eigenvalue weighted by Crippen LogP contribution is 2.30. The SMILES string of the molecule is Cc1cccc(CN)c1Oc1ccc2ccccc2c1. The molecule has 3 rings (SSSR count). The Morgan fingerprint density at radius 1 is 0.900 bits per heavy atom. The smallest absolute Gasteiger partial charge is 0.134 e. The summed E-state index contributed by atoms with van der Waals surface area (Å²) in [7, 11) is 0. The first-order valence-corrected chi connectivity index (χ1v) is 6.73. The van der Waals surface area contributed by atoms with Crippen molar-refractivity contribution in [3.8, 4) is 11.5 Å². The van der Waals surface area contributed by atoms with E-state index >= 15 is 0 Å². The Morgan fingerprint density at radius 3 is 2.50 bits per heavy atom. The van der Waals surface area contributed by atoms with Crippen LogP contribution in [0.25, 0.3) is 10.8 Å². The topological polar surface area (TPSA) is 35.2 Å². The minimum atomic E-state index is 0.477. The fraction of sp³-hybridized carbons (Fsp3) is 0.111. The summed E-state index contributed by atoms with van der Waals surface area (Å²) in [4.78, 5) is 0. The van der Waals surface area contributed by atoms with Gasteiger partial charge in [-0.3, -0.25) is 0 Å². The number of aryl methyl sites for hydroxylation is 1. The molecule has 0 atom stereocenters. The monoisotopic (exact) mass is 263 g/mol. The molecule has 3 aromatic rings. The van der Waals surface area contributed by atoms with Crippen molar-refractivity contribution >= 4 is 10.8 Å². The van der Waals surface area contributed by atoms with Gasteiger partial charge in [0.1, 0.15) is 11.5 Å². The molecule has 0 aliphatic carbocycles. The maximum absolute atomic E-state index is 6.06. The zero-order valence-electron chi connectivity index (χ0n) is 11.5. The van der Waals surface area contributed by atoms with Gasteiger partial charge in [0.25, 0.3) is 0 Å². The Hall–Kier alpha value is -2.32. The summed E-state index contributed by atoms with van der Waals surface area (Å²) in [5.74, 6) is 1.71. The lowest BCUT2D eigenvalue weighted by molar-refractivity contribution is 0.473. The Kier molecular flexibility index (Phi) is 3.40. The number of para-hydroxylation sites is 1. The Labute approximate surface area is 118 Å². The molecule has 0 spiro atoms. The first-order chi connectivity index (χ1) is 9.78. The summed E-state index contributed by atoms with van der Waals surface area (Å²) in [6, 6.07) is 20.4. The van der Waals surface area contributed by atoms with Crippen molar-refractivity contribution in [3.63, 3.8) is 0 Å². The number of benzene rings is 3. The molecule has 0 heterocycles. The van der Waals surface area contributed by atoms with Crippen LogP contribution in [0.4, 0.5) is 0 Å². The number of rotatable bonds is 3. The van der Waals surface area contributed by atoms with E-state index in [1.54, 1.807) is 0 Å². The standard InChI is InChI=1S/C18H17NO/c1-13-5-4-8-16(12-19)18(13)20-17-10-9-14-6-2-3-7-15(14)11-17/h2-11H,12,19H2,1H3. The second kappa shape index (κ2) is 5.35. The number of ether oxygens (including phenoxy) is 1. The summed E-state index contributed by atoms with van der Waals surface area (Å²) in [6.07, 6.45) is 0. The molecule has 0 fully saturated rings. The van der Waals surface area contributed by atoms with Crippen LogP contribution in [-0.2, 0) is 6.54 Å². The van der Waals surface area contributed by atoms with Crippen LogP contribution in [0.15, 0.2) is 60.7 Å². The third-order valence-electron chi connectivity index (χ3n) is 3.45. The molecule has 2 N–H and O–H groups in total. The third kappa shape index (κ3) is 2.38. The molecule has 0 aromatic heterocycles. The average molecular weight is 263 g/mol. The zero-order valence-corrected chi connectivity index (χ0v) is 11.5. The van der Waals surface area contributed by atoms with Crippen LogP contribution in [0.1, 0.15) is 11.1 Å². The van der Waals surface area contributed by atoms with E-state index in [2.05, 4.69) is 24.3 Å². The predicted molar refractivity (Wildman–Crippen MR) is 83.1 cm³/mol. The van der Waals surface area contributed by atoms with Gasteiger partial charge in [-0.05, 0) is 35.4 Å². The summed E-state index contributed by atoms with van der Waals surface area (Å²) in [6.45, 7) is 2.51. The number of nitrogens with two attached hydrogens (primary N) is 1. The lowest BCUT2D eigenvalue weighted by Gasteiger charge is -2.13. The minimum absolute atomic E-state index is 0.477. The minimum Gasteiger partial charge on any atom is -0.457 e. The third-order valence-corrected chi connectivity index (χ3v) is 3.45. The number of hydrogen-bond donors (Lipinski definition) is 1.